The molecule has 0 aliphatic heterocycles. The summed E-state index contributed by atoms with van der Waals surface area (Å²) in [6.07, 6.45) is 7.92. The number of hydrogen-bond donors (Lipinski definition) is 0. The van der Waals surface area contributed by atoms with Gasteiger partial charge >= 0.3 is 48.1 Å². The van der Waals surface area contributed by atoms with E-state index in [2.05, 4.69) is 82.2 Å². The van der Waals surface area contributed by atoms with Gasteiger partial charge < -0.3 is 17.3 Å². The molecule has 0 amide bonds. The van der Waals surface area contributed by atoms with Gasteiger partial charge in [-0.2, -0.15) is 0 Å². The van der Waals surface area contributed by atoms with E-state index in [0.717, 1.165) is 28.7 Å². The van der Waals surface area contributed by atoms with E-state index in [9.17, 15) is 17.3 Å². The maximum atomic E-state index is 9.75. The van der Waals surface area contributed by atoms with Crippen LogP contribution in [0.4, 0.5) is 17.3 Å². The first kappa shape index (κ1) is 31.0. The Bertz CT molecular complexity index is 1210. The Morgan fingerprint density at radius 1 is 0.528 bits per heavy atom. The molecule has 4 aromatic rings. The maximum absolute atomic E-state index is 9.75. The molecule has 184 valence electrons. The Labute approximate surface area is 235 Å². The van der Waals surface area contributed by atoms with Crippen molar-refractivity contribution in [1.82, 2.24) is 9.97 Å². The molecule has 0 saturated carbocycles. The summed E-state index contributed by atoms with van der Waals surface area (Å²) in [5, 5.41) is 0. The van der Waals surface area contributed by atoms with Gasteiger partial charge in [0.15, 0.2) is 0 Å². The van der Waals surface area contributed by atoms with Gasteiger partial charge in [-0.1, -0.05) is 47.9 Å². The third kappa shape index (κ3) is 12.6. The van der Waals surface area contributed by atoms with E-state index >= 15 is 0 Å². The molecule has 2 aromatic heterocycles. The first-order chi connectivity index (χ1) is 16.3. The fourth-order valence-corrected chi connectivity index (χ4v) is 2.81. The van der Waals surface area contributed by atoms with E-state index < -0.39 is 7.25 Å². The predicted molar refractivity (Wildman–Crippen MR) is 126 cm³/mol. The summed E-state index contributed by atoms with van der Waals surface area (Å²) in [6.45, 7) is 0. The maximum Gasteiger partial charge on any atom is 2.00 e. The third-order valence-corrected chi connectivity index (χ3v) is 4.34. The Hall–Kier alpha value is -3.03. The van der Waals surface area contributed by atoms with Crippen LogP contribution in [0, 0.1) is 23.7 Å². The minimum atomic E-state index is -6.00. The summed E-state index contributed by atoms with van der Waals surface area (Å²) < 4.78 is 39.0. The summed E-state index contributed by atoms with van der Waals surface area (Å²) in [6, 6.07) is 24.5. The first-order valence-electron chi connectivity index (χ1n) is 10.2. The molecular weight excluding hydrogens is 652 g/mol. The molecule has 0 saturated heterocycles. The second kappa shape index (κ2) is 15.9. The van der Waals surface area contributed by atoms with E-state index in [1.54, 1.807) is 24.8 Å². The smallest absolute Gasteiger partial charge is 0.418 e. The molecule has 36 heavy (non-hydrogen) atoms. The van der Waals surface area contributed by atoms with Crippen LogP contribution in [0.1, 0.15) is 33.4 Å². The topological polar surface area (TPSA) is 25.8 Å². The van der Waals surface area contributed by atoms with Crippen LogP contribution in [0.3, 0.4) is 0 Å². The zero-order valence-corrected chi connectivity index (χ0v) is 21.7. The van der Waals surface area contributed by atoms with Crippen LogP contribution in [-0.2, 0) is 47.3 Å². The Balaban J connectivity index is 0.000000846. The zero-order valence-electron chi connectivity index (χ0n) is 18.6. The minimum absolute atomic E-state index is 0. The molecule has 0 bridgehead atoms. The molecule has 0 unspecified atom stereocenters. The number of rotatable bonds is 2. The van der Waals surface area contributed by atoms with Crippen LogP contribution in [0.25, 0.3) is 0 Å². The number of aromatic nitrogens is 2. The standard InChI is InChI=1S/C27H18N2.BF4.2Pd/c1-3-26(20-28-17-1)15-9-22-5-11-24(12-6-22)19-25-13-7-23(8-14-25)10-16-27-4-2-18-29-21-27;2-1(3,4)5;;/h1-8,11-14,17-18,20-21H,19H2;;;/q;-1;2*+2. The van der Waals surface area contributed by atoms with Crippen LogP contribution in [0.5, 0.6) is 0 Å². The number of hydrogen-bond acceptors (Lipinski definition) is 2. The van der Waals surface area contributed by atoms with E-state index in [1.165, 1.54) is 11.1 Å². The van der Waals surface area contributed by atoms with Crippen molar-refractivity contribution >= 4 is 7.25 Å². The van der Waals surface area contributed by atoms with Crippen molar-refractivity contribution in [1.29, 1.82) is 0 Å². The molecule has 0 radical (unpaired) electrons. The SMILES string of the molecule is C(#Cc1cccnc1)c1ccc(Cc2ccc(C#Cc3cccnc3)cc2)cc1.F[B-](F)(F)F.[Pd+2].[Pd+2]. The number of benzene rings is 2. The third-order valence-electron chi connectivity index (χ3n) is 4.34. The number of halogens is 4. The first-order valence-corrected chi connectivity index (χ1v) is 10.2. The molecule has 2 nitrogen and oxygen atoms in total. The monoisotopic (exact) mass is 669 g/mol. The molecule has 0 spiro atoms. The number of pyridine rings is 2. The van der Waals surface area contributed by atoms with E-state index in [-0.39, 0.29) is 40.8 Å². The Morgan fingerprint density at radius 2 is 0.861 bits per heavy atom. The van der Waals surface area contributed by atoms with Crippen LogP contribution in [0.15, 0.2) is 97.6 Å². The van der Waals surface area contributed by atoms with Gasteiger partial charge in [-0.15, -0.1) is 0 Å². The van der Waals surface area contributed by atoms with Crippen LogP contribution < -0.4 is 0 Å². The second-order valence-corrected chi connectivity index (χ2v) is 7.05. The summed E-state index contributed by atoms with van der Waals surface area (Å²) in [5.74, 6) is 12.6. The molecule has 0 atom stereocenters. The van der Waals surface area contributed by atoms with Gasteiger partial charge in [0.05, 0.1) is 0 Å². The van der Waals surface area contributed by atoms with Crippen molar-refractivity contribution in [3.63, 3.8) is 0 Å². The summed E-state index contributed by atoms with van der Waals surface area (Å²) in [4.78, 5) is 8.15. The molecule has 2 aromatic carbocycles. The van der Waals surface area contributed by atoms with E-state index in [4.69, 9.17) is 0 Å². The summed E-state index contributed by atoms with van der Waals surface area (Å²) >= 11 is 0. The zero-order chi connectivity index (χ0) is 24.2. The van der Waals surface area contributed by atoms with Crippen molar-refractivity contribution in [3.05, 3.63) is 131 Å². The van der Waals surface area contributed by atoms with Crippen molar-refractivity contribution in [2.75, 3.05) is 0 Å². The summed E-state index contributed by atoms with van der Waals surface area (Å²) in [7, 11) is -6.00. The fraction of sp³-hybridized carbons (Fsp3) is 0.0370. The van der Waals surface area contributed by atoms with Gasteiger partial charge in [0.25, 0.3) is 0 Å². The molecule has 0 aliphatic carbocycles. The van der Waals surface area contributed by atoms with Gasteiger partial charge in [-0.3, -0.25) is 9.97 Å². The van der Waals surface area contributed by atoms with Crippen LogP contribution in [-0.4, -0.2) is 17.2 Å². The normalized spacial score (nSPS) is 9.44. The fourth-order valence-electron chi connectivity index (χ4n) is 2.81. The molecule has 0 aliphatic rings. The van der Waals surface area contributed by atoms with Gasteiger partial charge in [0.1, 0.15) is 0 Å². The molecule has 2 heterocycles. The van der Waals surface area contributed by atoms with Gasteiger partial charge in [0, 0.05) is 47.0 Å². The van der Waals surface area contributed by atoms with Crippen molar-refractivity contribution < 1.29 is 58.1 Å². The molecule has 4 rings (SSSR count). The average Bonchev–Trinajstić information content (AvgIpc) is 2.83. The van der Waals surface area contributed by atoms with Gasteiger partial charge in [0.2, 0.25) is 0 Å². The van der Waals surface area contributed by atoms with E-state index in [1.807, 2.05) is 24.3 Å². The molecule has 0 N–H and O–H groups in total. The van der Waals surface area contributed by atoms with Crippen molar-refractivity contribution in [2.45, 2.75) is 6.42 Å². The minimum Gasteiger partial charge on any atom is -0.418 e. The van der Waals surface area contributed by atoms with Crippen LogP contribution in [0.2, 0.25) is 0 Å². The largest absolute Gasteiger partial charge is 2.00 e. The Morgan fingerprint density at radius 3 is 1.17 bits per heavy atom. The van der Waals surface area contributed by atoms with Gasteiger partial charge in [-0.05, 0) is 66.1 Å². The van der Waals surface area contributed by atoms with Crippen LogP contribution >= 0.6 is 0 Å². The molecular formula is C27H18BF4N2Pd2+3. The summed E-state index contributed by atoms with van der Waals surface area (Å²) in [5.41, 5.74) is 6.35. The second-order valence-electron chi connectivity index (χ2n) is 7.05. The quantitative estimate of drug-likeness (QED) is 0.145. The average molecular weight is 670 g/mol. The van der Waals surface area contributed by atoms with Crippen molar-refractivity contribution in [2.24, 2.45) is 0 Å². The molecule has 9 heteroatoms. The van der Waals surface area contributed by atoms with Crippen molar-refractivity contribution in [3.8, 4) is 23.7 Å². The molecule has 0 fully saturated rings. The number of nitrogens with zero attached hydrogens (tertiary/aromatic N) is 2. The predicted octanol–water partition coefficient (Wildman–Crippen LogP) is 6.16. The van der Waals surface area contributed by atoms with Gasteiger partial charge in [-0.25, -0.2) is 0 Å². The Kier molecular flexibility index (Phi) is 13.7. The van der Waals surface area contributed by atoms with E-state index in [0.29, 0.717) is 0 Å².